The van der Waals surface area contributed by atoms with Crippen LogP contribution in [0.5, 0.6) is 0 Å². The molecule has 4 rings (SSSR count). The summed E-state index contributed by atoms with van der Waals surface area (Å²) in [5, 5.41) is 2.84. The van der Waals surface area contributed by atoms with Crippen LogP contribution < -0.4 is 10.2 Å². The molecule has 0 aromatic carbocycles. The summed E-state index contributed by atoms with van der Waals surface area (Å²) >= 11 is 0. The lowest BCUT2D eigenvalue weighted by Crippen LogP contribution is -2.37. The van der Waals surface area contributed by atoms with Crippen molar-refractivity contribution in [3.05, 3.63) is 48.2 Å². The van der Waals surface area contributed by atoms with E-state index in [2.05, 4.69) is 25.2 Å². The monoisotopic (exact) mass is 338 g/mol. The zero-order chi connectivity index (χ0) is 17.2. The van der Waals surface area contributed by atoms with Crippen LogP contribution in [0, 0.1) is 6.92 Å². The quantitative estimate of drug-likeness (QED) is 0.779. The number of aromatic nitrogens is 4. The number of imidazole rings is 1. The maximum Gasteiger partial charge on any atom is 0.274 e. The van der Waals surface area contributed by atoms with Crippen LogP contribution >= 0.6 is 0 Å². The zero-order valence-corrected chi connectivity index (χ0v) is 13.8. The first-order chi connectivity index (χ1) is 12.2. The predicted octanol–water partition coefficient (Wildman–Crippen LogP) is 1.52. The first-order valence-electron chi connectivity index (χ1n) is 8.12. The molecule has 0 saturated carbocycles. The lowest BCUT2D eigenvalue weighted by molar-refractivity contribution is 0.102. The van der Waals surface area contributed by atoms with Gasteiger partial charge in [-0.25, -0.2) is 15.0 Å². The lowest BCUT2D eigenvalue weighted by atomic mass is 10.3. The molecule has 1 aliphatic rings. The molecule has 1 aliphatic heterocycles. The first-order valence-corrected chi connectivity index (χ1v) is 8.12. The molecular weight excluding hydrogens is 320 g/mol. The van der Waals surface area contributed by atoms with Gasteiger partial charge in [0, 0.05) is 19.3 Å². The highest BCUT2D eigenvalue weighted by Gasteiger charge is 2.17. The van der Waals surface area contributed by atoms with Gasteiger partial charge in [-0.3, -0.25) is 9.20 Å². The first kappa shape index (κ1) is 15.5. The van der Waals surface area contributed by atoms with E-state index in [1.165, 1.54) is 0 Å². The molecule has 1 fully saturated rings. The third-order valence-corrected chi connectivity index (χ3v) is 4.11. The second kappa shape index (κ2) is 6.48. The Balaban J connectivity index is 1.53. The van der Waals surface area contributed by atoms with E-state index < -0.39 is 0 Å². The maximum absolute atomic E-state index is 12.6. The van der Waals surface area contributed by atoms with Crippen LogP contribution in [0.2, 0.25) is 0 Å². The molecule has 0 atom stereocenters. The molecule has 0 unspecified atom stereocenters. The van der Waals surface area contributed by atoms with Gasteiger partial charge >= 0.3 is 0 Å². The summed E-state index contributed by atoms with van der Waals surface area (Å²) in [6, 6.07) is 5.62. The molecule has 0 radical (unpaired) electrons. The van der Waals surface area contributed by atoms with Gasteiger partial charge in [-0.2, -0.15) is 0 Å². The highest BCUT2D eigenvalue weighted by atomic mass is 16.5. The third-order valence-electron chi connectivity index (χ3n) is 4.11. The van der Waals surface area contributed by atoms with Gasteiger partial charge in [0.05, 0.1) is 37.0 Å². The van der Waals surface area contributed by atoms with Gasteiger partial charge in [-0.1, -0.05) is 6.07 Å². The Morgan fingerprint density at radius 2 is 1.96 bits per heavy atom. The van der Waals surface area contributed by atoms with Crippen molar-refractivity contribution in [2.24, 2.45) is 0 Å². The average Bonchev–Trinajstić information content (AvgIpc) is 2.99. The minimum Gasteiger partial charge on any atom is -0.378 e. The number of pyridine rings is 1. The summed E-state index contributed by atoms with van der Waals surface area (Å²) in [4.78, 5) is 27.8. The summed E-state index contributed by atoms with van der Waals surface area (Å²) in [6.45, 7) is 4.71. The number of rotatable bonds is 3. The third kappa shape index (κ3) is 3.03. The number of amides is 1. The summed E-state index contributed by atoms with van der Waals surface area (Å²) in [5.41, 5.74) is 2.47. The van der Waals surface area contributed by atoms with Crippen LogP contribution in [0.1, 0.15) is 16.2 Å². The van der Waals surface area contributed by atoms with E-state index in [-0.39, 0.29) is 5.91 Å². The summed E-state index contributed by atoms with van der Waals surface area (Å²) in [6.07, 6.45) is 5.06. The van der Waals surface area contributed by atoms with Gasteiger partial charge in [0.2, 0.25) is 5.95 Å². The summed E-state index contributed by atoms with van der Waals surface area (Å²) in [5.74, 6) is 0.409. The number of hydrogen-bond acceptors (Lipinski definition) is 6. The fraction of sp³-hybridized carbons (Fsp3) is 0.294. The minimum absolute atomic E-state index is 0.237. The van der Waals surface area contributed by atoms with E-state index in [0.717, 1.165) is 18.7 Å². The number of aryl methyl sites for hydroxylation is 1. The van der Waals surface area contributed by atoms with Gasteiger partial charge in [0.15, 0.2) is 0 Å². The summed E-state index contributed by atoms with van der Waals surface area (Å²) in [7, 11) is 0. The molecule has 0 aliphatic carbocycles. The average molecular weight is 338 g/mol. The molecule has 3 aromatic heterocycles. The molecule has 128 valence electrons. The van der Waals surface area contributed by atoms with E-state index in [4.69, 9.17) is 4.74 Å². The Hall–Kier alpha value is -3.00. The van der Waals surface area contributed by atoms with Crippen molar-refractivity contribution >= 4 is 23.2 Å². The fourth-order valence-corrected chi connectivity index (χ4v) is 2.89. The van der Waals surface area contributed by atoms with Crippen LogP contribution in [0.4, 0.5) is 11.6 Å². The number of hydrogen-bond donors (Lipinski definition) is 1. The normalized spacial score (nSPS) is 14.7. The smallest absolute Gasteiger partial charge is 0.274 e. The van der Waals surface area contributed by atoms with Gasteiger partial charge in [0.1, 0.15) is 11.3 Å². The molecule has 25 heavy (non-hydrogen) atoms. The van der Waals surface area contributed by atoms with Crippen molar-refractivity contribution in [3.8, 4) is 0 Å². The van der Waals surface area contributed by atoms with E-state index in [9.17, 15) is 4.79 Å². The number of ether oxygens (including phenoxy) is 1. The van der Waals surface area contributed by atoms with Gasteiger partial charge < -0.3 is 15.0 Å². The number of fused-ring (bicyclic) bond motifs is 1. The van der Waals surface area contributed by atoms with Crippen LogP contribution in [-0.4, -0.2) is 51.6 Å². The van der Waals surface area contributed by atoms with Crippen molar-refractivity contribution in [1.82, 2.24) is 19.4 Å². The number of carbonyl (C=O) groups excluding carboxylic acids is 1. The fourth-order valence-electron chi connectivity index (χ4n) is 2.89. The van der Waals surface area contributed by atoms with E-state index >= 15 is 0 Å². The Bertz CT molecular complexity index is 899. The maximum atomic E-state index is 12.6. The molecular formula is C17H18N6O2. The number of nitrogens with one attached hydrogen (secondary N) is 1. The van der Waals surface area contributed by atoms with Crippen LogP contribution in [0.25, 0.3) is 5.65 Å². The second-order valence-corrected chi connectivity index (χ2v) is 5.80. The van der Waals surface area contributed by atoms with Crippen molar-refractivity contribution in [2.45, 2.75) is 6.92 Å². The standard InChI is InChI=1S/C17H18N6O2/c1-12-15(23-5-3-2-4-14(23)20-12)16(24)21-13-10-18-17(19-11-13)22-6-8-25-9-7-22/h2-5,10-11H,6-9H2,1H3,(H,21,24). The minimum atomic E-state index is -0.237. The molecule has 1 amide bonds. The van der Waals surface area contributed by atoms with Crippen molar-refractivity contribution in [2.75, 3.05) is 36.5 Å². The Morgan fingerprint density at radius 3 is 2.72 bits per heavy atom. The highest BCUT2D eigenvalue weighted by Crippen LogP contribution is 2.15. The molecule has 8 heteroatoms. The number of carbonyl (C=O) groups is 1. The number of nitrogens with zero attached hydrogens (tertiary/aromatic N) is 5. The Morgan fingerprint density at radius 1 is 1.20 bits per heavy atom. The van der Waals surface area contributed by atoms with E-state index in [1.54, 1.807) is 16.8 Å². The van der Waals surface area contributed by atoms with Gasteiger partial charge in [-0.05, 0) is 19.1 Å². The zero-order valence-electron chi connectivity index (χ0n) is 13.8. The molecule has 1 saturated heterocycles. The largest absolute Gasteiger partial charge is 0.378 e. The summed E-state index contributed by atoms with van der Waals surface area (Å²) < 4.78 is 7.09. The predicted molar refractivity (Wildman–Crippen MR) is 92.9 cm³/mol. The van der Waals surface area contributed by atoms with Crippen LogP contribution in [-0.2, 0) is 4.74 Å². The molecule has 0 bridgehead atoms. The van der Waals surface area contributed by atoms with Crippen LogP contribution in [0.3, 0.4) is 0 Å². The molecule has 0 spiro atoms. The van der Waals surface area contributed by atoms with Gasteiger partial charge in [0.25, 0.3) is 5.91 Å². The van der Waals surface area contributed by atoms with Crippen LogP contribution in [0.15, 0.2) is 36.8 Å². The molecule has 3 aromatic rings. The van der Waals surface area contributed by atoms with Crippen molar-refractivity contribution in [3.63, 3.8) is 0 Å². The number of anilines is 2. The molecule has 1 N–H and O–H groups in total. The molecule has 4 heterocycles. The lowest BCUT2D eigenvalue weighted by Gasteiger charge is -2.26. The Labute approximate surface area is 144 Å². The van der Waals surface area contributed by atoms with E-state index in [1.807, 2.05) is 31.3 Å². The van der Waals surface area contributed by atoms with Crippen molar-refractivity contribution < 1.29 is 9.53 Å². The SMILES string of the molecule is Cc1nc2ccccn2c1C(=O)Nc1cnc(N2CCOCC2)nc1. The molecule has 8 nitrogen and oxygen atoms in total. The Kier molecular flexibility index (Phi) is 4.02. The second-order valence-electron chi connectivity index (χ2n) is 5.80. The highest BCUT2D eigenvalue weighted by molar-refractivity contribution is 6.04. The van der Waals surface area contributed by atoms with E-state index in [0.29, 0.717) is 36.2 Å². The van der Waals surface area contributed by atoms with Gasteiger partial charge in [-0.15, -0.1) is 0 Å². The topological polar surface area (TPSA) is 84.7 Å². The van der Waals surface area contributed by atoms with Crippen molar-refractivity contribution in [1.29, 1.82) is 0 Å². The number of morpholine rings is 1.